The van der Waals surface area contributed by atoms with Crippen molar-refractivity contribution >= 4 is 58.9 Å². The Labute approximate surface area is 222 Å². The second-order valence-electron chi connectivity index (χ2n) is 7.68. The number of sulfonamides is 1. The minimum atomic E-state index is -4.19. The first-order chi connectivity index (χ1) is 14.8. The van der Waals surface area contributed by atoms with Crippen molar-refractivity contribution in [1.82, 2.24) is 0 Å². The molecule has 0 bridgehead atoms. The maximum absolute atomic E-state index is 13.1. The molecule has 1 radical (unpaired) electrons. The van der Waals surface area contributed by atoms with Crippen molar-refractivity contribution in [1.29, 1.82) is 0 Å². The number of halogens is 1. The summed E-state index contributed by atoms with van der Waals surface area (Å²) in [5.41, 5.74) is 0. The van der Waals surface area contributed by atoms with Crippen molar-refractivity contribution in [2.24, 2.45) is 0 Å². The Hall–Kier alpha value is 0.570. The van der Waals surface area contributed by atoms with Gasteiger partial charge in [0.05, 0.1) is 13.2 Å². The van der Waals surface area contributed by atoms with E-state index in [1.807, 2.05) is 0 Å². The Kier molecular flexibility index (Phi) is 19.2. The molecule has 6 nitrogen and oxygen atoms in total. The van der Waals surface area contributed by atoms with Crippen molar-refractivity contribution in [2.45, 2.75) is 95.8 Å². The average Bonchev–Trinajstić information content (AvgIpc) is 2.72. The predicted octanol–water partition coefficient (Wildman–Crippen LogP) is 7.88. The first kappa shape index (κ1) is 32.6. The third-order valence-corrected chi connectivity index (χ3v) is 8.62. The summed E-state index contributed by atoms with van der Waals surface area (Å²) in [5, 5.41) is 0.403. The number of hydrogen-bond donors (Lipinski definition) is 0. The molecule has 0 saturated carbocycles. The molecule has 1 aromatic carbocycles. The third-order valence-electron chi connectivity index (χ3n) is 4.82. The van der Waals surface area contributed by atoms with Crippen LogP contribution >= 0.6 is 19.3 Å². The zero-order valence-electron chi connectivity index (χ0n) is 19.9. The maximum atomic E-state index is 13.1. The van der Waals surface area contributed by atoms with Gasteiger partial charge >= 0.3 is 0 Å². The van der Waals surface area contributed by atoms with Crippen molar-refractivity contribution in [3.05, 3.63) is 33.8 Å². The molecule has 0 aromatic heterocycles. The first-order valence-electron chi connectivity index (χ1n) is 11.5. The van der Waals surface area contributed by atoms with Gasteiger partial charge in [0.25, 0.3) is 7.75 Å². The van der Waals surface area contributed by atoms with E-state index in [-0.39, 0.29) is 47.7 Å². The second kappa shape index (κ2) is 18.8. The number of hydrogen-bond acceptors (Lipinski definition) is 5. The van der Waals surface area contributed by atoms with E-state index in [0.29, 0.717) is 17.9 Å². The summed E-state index contributed by atoms with van der Waals surface area (Å²) in [6, 6.07) is 5.55. The molecule has 0 heterocycles. The smallest absolute Gasteiger partial charge is 0.253 e. The Morgan fingerprint density at radius 1 is 0.781 bits per heavy atom. The molecule has 10 heteroatoms. The van der Waals surface area contributed by atoms with Gasteiger partial charge in [-0.2, -0.15) is 0 Å². The van der Waals surface area contributed by atoms with Gasteiger partial charge in [-0.05, 0) is 37.1 Å². The van der Waals surface area contributed by atoms with Gasteiger partial charge in [0.2, 0.25) is 0 Å². The molecule has 0 saturated heterocycles. The van der Waals surface area contributed by atoms with Crippen LogP contribution < -0.4 is 0 Å². The number of nitrogens with zero attached hydrogens (tertiary/aromatic N) is 1. The molecule has 0 N–H and O–H groups in total. The van der Waals surface area contributed by atoms with Gasteiger partial charge in [-0.3, -0.25) is 4.57 Å². The van der Waals surface area contributed by atoms with Gasteiger partial charge in [0.15, 0.2) is 0 Å². The Morgan fingerprint density at radius 2 is 1.19 bits per heavy atom. The van der Waals surface area contributed by atoms with E-state index in [1.165, 1.54) is 49.9 Å². The minimum Gasteiger partial charge on any atom is -0.438 e. The van der Waals surface area contributed by atoms with Gasteiger partial charge in [0, 0.05) is 39.5 Å². The van der Waals surface area contributed by atoms with E-state index in [9.17, 15) is 13.0 Å². The normalized spacial score (nSPS) is 12.0. The Morgan fingerprint density at radius 3 is 1.62 bits per heavy atom. The minimum absolute atomic E-state index is 0. The molecule has 0 aliphatic rings. The summed E-state index contributed by atoms with van der Waals surface area (Å²) in [4.78, 5) is -0.0940. The molecule has 0 spiro atoms. The van der Waals surface area contributed by atoms with Crippen molar-refractivity contribution in [3.63, 3.8) is 0 Å². The second-order valence-corrected chi connectivity index (χ2v) is 11.6. The molecule has 0 unspecified atom stereocenters. The van der Waals surface area contributed by atoms with Crippen LogP contribution in [0.15, 0.2) is 29.2 Å². The van der Waals surface area contributed by atoms with Crippen LogP contribution in [0.4, 0.5) is 0 Å². The van der Waals surface area contributed by atoms with Crippen LogP contribution in [-0.4, -0.2) is 51.2 Å². The molecular formula is C22H38ClNNaO5PS-. The van der Waals surface area contributed by atoms with Crippen LogP contribution in [0, 0.1) is 0 Å². The molecule has 0 fully saturated rings. The summed E-state index contributed by atoms with van der Waals surface area (Å²) in [6.45, 7) is 4.62. The summed E-state index contributed by atoms with van der Waals surface area (Å²) in [5.74, 6) is 0. The predicted molar refractivity (Wildman–Crippen MR) is 134 cm³/mol. The van der Waals surface area contributed by atoms with E-state index >= 15 is 0 Å². The summed E-state index contributed by atoms with van der Waals surface area (Å²) < 4.78 is 52.8. The topological polar surface area (TPSA) is 83.8 Å². The standard InChI is InChI=1S/C22H38ClNO5PS.Na/c1-3-5-7-9-11-13-19-28-30(25,29-20-14-12-10-8-6-4-2)24-31(26,27)22-17-15-21(23)16-18-22;/h15-18H,3-14,19-20H2,1-2H3;/q-1;. The molecule has 1 aromatic rings. The monoisotopic (exact) mass is 517 g/mol. The van der Waals surface area contributed by atoms with E-state index in [2.05, 4.69) is 18.3 Å². The zero-order valence-corrected chi connectivity index (χ0v) is 24.4. The van der Waals surface area contributed by atoms with Crippen LogP contribution in [0.2, 0.25) is 5.02 Å². The van der Waals surface area contributed by atoms with Crippen LogP contribution in [0.1, 0.15) is 90.9 Å². The summed E-state index contributed by atoms with van der Waals surface area (Å²) in [6.07, 6.45) is 12.4. The van der Waals surface area contributed by atoms with Gasteiger partial charge in [-0.15, -0.1) is 0 Å². The third kappa shape index (κ3) is 14.7. The fourth-order valence-corrected chi connectivity index (χ4v) is 6.20. The van der Waals surface area contributed by atoms with Crippen LogP contribution in [-0.2, 0) is 23.6 Å². The Bertz CT molecular complexity index is 727. The average molecular weight is 518 g/mol. The molecule has 1 rings (SSSR count). The Balaban J connectivity index is 0.00000961. The molecule has 0 aliphatic carbocycles. The molecule has 0 aliphatic heterocycles. The van der Waals surface area contributed by atoms with Gasteiger partial charge < -0.3 is 13.5 Å². The molecular weight excluding hydrogens is 480 g/mol. The molecule has 0 amide bonds. The maximum Gasteiger partial charge on any atom is 0.253 e. The van der Waals surface area contributed by atoms with Crippen molar-refractivity contribution in [3.8, 4) is 0 Å². The van der Waals surface area contributed by atoms with Crippen LogP contribution in [0.25, 0.3) is 4.49 Å². The molecule has 0 atom stereocenters. The van der Waals surface area contributed by atoms with Gasteiger partial charge in [-0.25, -0.2) is 8.42 Å². The quantitative estimate of drug-likeness (QED) is 0.106. The summed E-state index contributed by atoms with van der Waals surface area (Å²) in [7, 11) is -8.33. The number of unbranched alkanes of at least 4 members (excludes halogenated alkanes) is 10. The number of benzene rings is 1. The largest absolute Gasteiger partial charge is 0.438 e. The molecule has 32 heavy (non-hydrogen) atoms. The SMILES string of the molecule is CCCCCCCCOP(=O)([N-]S(=O)(=O)c1ccc(Cl)cc1)OCCCCCCCC.[Na]. The van der Waals surface area contributed by atoms with E-state index in [1.54, 1.807) is 0 Å². The van der Waals surface area contributed by atoms with E-state index < -0.39 is 17.8 Å². The summed E-state index contributed by atoms with van der Waals surface area (Å²) >= 11 is 5.83. The van der Waals surface area contributed by atoms with E-state index in [4.69, 9.17) is 20.6 Å². The van der Waals surface area contributed by atoms with Gasteiger partial charge in [0.1, 0.15) is 10.0 Å². The fourth-order valence-electron chi connectivity index (χ4n) is 2.99. The zero-order chi connectivity index (χ0) is 23.0. The first-order valence-corrected chi connectivity index (χ1v) is 14.8. The van der Waals surface area contributed by atoms with Gasteiger partial charge in [-0.1, -0.05) is 89.7 Å². The van der Waals surface area contributed by atoms with Crippen LogP contribution in [0.3, 0.4) is 0 Å². The van der Waals surface area contributed by atoms with Crippen molar-refractivity contribution in [2.75, 3.05) is 13.2 Å². The number of rotatable bonds is 19. The fraction of sp³-hybridized carbons (Fsp3) is 0.727. The van der Waals surface area contributed by atoms with Crippen LogP contribution in [0.5, 0.6) is 0 Å². The van der Waals surface area contributed by atoms with E-state index in [0.717, 1.165) is 38.5 Å². The molecule has 181 valence electrons. The van der Waals surface area contributed by atoms with Crippen molar-refractivity contribution < 1.29 is 22.0 Å².